The van der Waals surface area contributed by atoms with Crippen LogP contribution in [0.5, 0.6) is 0 Å². The van der Waals surface area contributed by atoms with Gasteiger partial charge in [-0.05, 0) is 23.8 Å². The maximum absolute atomic E-state index is 9.95. The predicted octanol–water partition coefficient (Wildman–Crippen LogP) is 3.57. The maximum atomic E-state index is 9.95. The van der Waals surface area contributed by atoms with E-state index in [9.17, 15) is 5.11 Å². The smallest absolute Gasteiger partial charge is 0.202 e. The Balaban J connectivity index is 2.09. The van der Waals surface area contributed by atoms with E-state index in [4.69, 9.17) is 5.26 Å². The highest BCUT2D eigenvalue weighted by Gasteiger charge is 2.26. The van der Waals surface area contributed by atoms with Gasteiger partial charge in [0.25, 0.3) is 0 Å². The van der Waals surface area contributed by atoms with Crippen LogP contribution in [-0.2, 0) is 0 Å². The zero-order chi connectivity index (χ0) is 14.7. The summed E-state index contributed by atoms with van der Waals surface area (Å²) >= 11 is 0. The number of benzene rings is 2. The molecule has 1 unspecified atom stereocenters. The molecular formula is C17H13N3O. The highest BCUT2D eigenvalue weighted by atomic mass is 16.3. The minimum Gasteiger partial charge on any atom is -0.505 e. The fourth-order valence-electron chi connectivity index (χ4n) is 2.29. The normalized spacial score (nSPS) is 17.7. The Morgan fingerprint density at radius 3 is 2.24 bits per heavy atom. The number of aliphatic hydroxyl groups excluding tert-OH is 1. The zero-order valence-electron chi connectivity index (χ0n) is 11.2. The van der Waals surface area contributed by atoms with Crippen LogP contribution in [0.1, 0.15) is 11.6 Å². The first kappa shape index (κ1) is 12.9. The lowest BCUT2D eigenvalue weighted by atomic mass is 10.0. The topological polar surface area (TPSA) is 59.6 Å². The van der Waals surface area contributed by atoms with E-state index in [0.717, 1.165) is 11.3 Å². The van der Waals surface area contributed by atoms with E-state index in [1.807, 2.05) is 66.7 Å². The second kappa shape index (κ2) is 5.51. The first-order chi connectivity index (χ1) is 10.3. The van der Waals surface area contributed by atoms with E-state index in [1.165, 1.54) is 0 Å². The van der Waals surface area contributed by atoms with Crippen LogP contribution in [0.25, 0.3) is 0 Å². The Kier molecular flexibility index (Phi) is 3.40. The van der Waals surface area contributed by atoms with Crippen LogP contribution in [-0.4, -0.2) is 10.8 Å². The molecule has 1 atom stereocenters. The molecule has 0 bridgehead atoms. The molecule has 0 radical (unpaired) electrons. The molecule has 2 aromatic rings. The molecular weight excluding hydrogens is 262 g/mol. The summed E-state index contributed by atoms with van der Waals surface area (Å²) in [6.45, 7) is 0. The molecule has 0 aromatic heterocycles. The third kappa shape index (κ3) is 2.49. The number of hydrogen-bond acceptors (Lipinski definition) is 4. The fourth-order valence-corrected chi connectivity index (χ4v) is 2.29. The van der Waals surface area contributed by atoms with E-state index in [2.05, 4.69) is 5.10 Å². The second-order valence-electron chi connectivity index (χ2n) is 4.65. The number of rotatable bonds is 2. The van der Waals surface area contributed by atoms with Crippen molar-refractivity contribution in [3.05, 3.63) is 78.1 Å². The molecule has 1 aliphatic rings. The van der Waals surface area contributed by atoms with Gasteiger partial charge >= 0.3 is 0 Å². The summed E-state index contributed by atoms with van der Waals surface area (Å²) in [6, 6.07) is 21.0. The van der Waals surface area contributed by atoms with Crippen molar-refractivity contribution in [1.82, 2.24) is 0 Å². The molecule has 0 spiro atoms. The molecule has 0 saturated heterocycles. The molecule has 1 heterocycles. The van der Waals surface area contributed by atoms with Gasteiger partial charge in [-0.3, -0.25) is 5.01 Å². The molecule has 0 amide bonds. The lowest BCUT2D eigenvalue weighted by molar-refractivity contribution is 0.433. The minimum absolute atomic E-state index is 0.0195. The Bertz CT molecular complexity index is 730. The van der Waals surface area contributed by atoms with Gasteiger partial charge in [0.1, 0.15) is 6.07 Å². The number of para-hydroxylation sites is 1. The predicted molar refractivity (Wildman–Crippen MR) is 81.9 cm³/mol. The number of aliphatic hydroxyl groups is 1. The average molecular weight is 275 g/mol. The molecule has 102 valence electrons. The van der Waals surface area contributed by atoms with Crippen LogP contribution in [0.3, 0.4) is 0 Å². The van der Waals surface area contributed by atoms with Gasteiger partial charge in [0.05, 0.1) is 11.7 Å². The number of nitriles is 1. The fraction of sp³-hybridized carbons (Fsp3) is 0.0588. The van der Waals surface area contributed by atoms with Crippen LogP contribution in [0, 0.1) is 11.3 Å². The Hall–Kier alpha value is -3.06. The third-order valence-corrected chi connectivity index (χ3v) is 3.30. The quantitative estimate of drug-likeness (QED) is 0.911. The Morgan fingerprint density at radius 1 is 1.00 bits per heavy atom. The van der Waals surface area contributed by atoms with Crippen molar-refractivity contribution >= 4 is 11.4 Å². The summed E-state index contributed by atoms with van der Waals surface area (Å²) in [6.07, 6.45) is 1.65. The van der Waals surface area contributed by atoms with Crippen molar-refractivity contribution < 1.29 is 5.11 Å². The first-order valence-electron chi connectivity index (χ1n) is 6.58. The van der Waals surface area contributed by atoms with Gasteiger partial charge in [-0.1, -0.05) is 48.5 Å². The van der Waals surface area contributed by atoms with Gasteiger partial charge in [-0.15, -0.1) is 0 Å². The van der Waals surface area contributed by atoms with E-state index in [0.29, 0.717) is 0 Å². The van der Waals surface area contributed by atoms with Gasteiger partial charge in [0.15, 0.2) is 5.76 Å². The molecule has 0 saturated carbocycles. The molecule has 0 aliphatic carbocycles. The third-order valence-electron chi connectivity index (χ3n) is 3.30. The van der Waals surface area contributed by atoms with Crippen LogP contribution >= 0.6 is 0 Å². The second-order valence-corrected chi connectivity index (χ2v) is 4.65. The molecule has 4 heteroatoms. The van der Waals surface area contributed by atoms with Gasteiger partial charge in [0.2, 0.25) is 5.71 Å². The zero-order valence-corrected chi connectivity index (χ0v) is 11.2. The van der Waals surface area contributed by atoms with E-state index in [-0.39, 0.29) is 17.5 Å². The highest BCUT2D eigenvalue weighted by Crippen LogP contribution is 2.32. The van der Waals surface area contributed by atoms with Crippen LogP contribution in [0.2, 0.25) is 0 Å². The van der Waals surface area contributed by atoms with Crippen LogP contribution in [0.15, 0.2) is 77.6 Å². The number of hydrazone groups is 1. The maximum Gasteiger partial charge on any atom is 0.202 e. The summed E-state index contributed by atoms with van der Waals surface area (Å²) in [5.41, 5.74) is 1.88. The van der Waals surface area contributed by atoms with E-state index < -0.39 is 0 Å². The SMILES string of the molecule is N#CC1=NN(c2ccccc2)C(c2ccccc2)C=C1O. The van der Waals surface area contributed by atoms with E-state index >= 15 is 0 Å². The molecule has 2 aromatic carbocycles. The van der Waals surface area contributed by atoms with Crippen molar-refractivity contribution in [1.29, 1.82) is 5.26 Å². The van der Waals surface area contributed by atoms with Gasteiger partial charge in [0, 0.05) is 0 Å². The number of anilines is 1. The molecule has 4 nitrogen and oxygen atoms in total. The Labute approximate surface area is 122 Å². The van der Waals surface area contributed by atoms with Crippen LogP contribution in [0.4, 0.5) is 5.69 Å². The van der Waals surface area contributed by atoms with Crippen molar-refractivity contribution in [3.63, 3.8) is 0 Å². The van der Waals surface area contributed by atoms with Crippen molar-refractivity contribution in [2.45, 2.75) is 6.04 Å². The summed E-state index contributed by atoms with van der Waals surface area (Å²) in [4.78, 5) is 0. The van der Waals surface area contributed by atoms with Gasteiger partial charge in [-0.25, -0.2) is 0 Å². The monoisotopic (exact) mass is 275 g/mol. The van der Waals surface area contributed by atoms with E-state index in [1.54, 1.807) is 11.1 Å². The van der Waals surface area contributed by atoms with Crippen molar-refractivity contribution in [2.24, 2.45) is 5.10 Å². The number of hydrogen-bond donors (Lipinski definition) is 1. The van der Waals surface area contributed by atoms with Crippen LogP contribution < -0.4 is 5.01 Å². The van der Waals surface area contributed by atoms with Gasteiger partial charge in [-0.2, -0.15) is 10.4 Å². The number of nitrogens with zero attached hydrogens (tertiary/aromatic N) is 3. The average Bonchev–Trinajstić information content (AvgIpc) is 2.56. The summed E-state index contributed by atoms with van der Waals surface area (Å²) in [7, 11) is 0. The van der Waals surface area contributed by atoms with Crippen molar-refractivity contribution in [3.8, 4) is 6.07 Å². The largest absolute Gasteiger partial charge is 0.505 e. The number of allylic oxidation sites excluding steroid dienone is 1. The standard InChI is InChI=1S/C17H13N3O/c18-12-15-17(21)11-16(13-7-3-1-4-8-13)20(19-15)14-9-5-2-6-10-14/h1-11,16,21H. The van der Waals surface area contributed by atoms with Gasteiger partial charge < -0.3 is 5.11 Å². The highest BCUT2D eigenvalue weighted by molar-refractivity contribution is 6.10. The summed E-state index contributed by atoms with van der Waals surface area (Å²) < 4.78 is 0. The summed E-state index contributed by atoms with van der Waals surface area (Å²) in [5.74, 6) is -0.0847. The molecule has 3 rings (SSSR count). The lowest BCUT2D eigenvalue weighted by Crippen LogP contribution is -2.28. The summed E-state index contributed by atoms with van der Waals surface area (Å²) in [5, 5.41) is 25.0. The Morgan fingerprint density at radius 2 is 1.62 bits per heavy atom. The van der Waals surface area contributed by atoms with Crippen molar-refractivity contribution in [2.75, 3.05) is 5.01 Å². The first-order valence-corrected chi connectivity index (χ1v) is 6.58. The molecule has 21 heavy (non-hydrogen) atoms. The lowest BCUT2D eigenvalue weighted by Gasteiger charge is -2.30. The minimum atomic E-state index is -0.245. The molecule has 1 N–H and O–H groups in total. The molecule has 1 aliphatic heterocycles. The molecule has 0 fully saturated rings.